The van der Waals surface area contributed by atoms with E-state index in [4.69, 9.17) is 16.7 Å². The lowest BCUT2D eigenvalue weighted by atomic mass is 10.2. The number of amides is 1. The van der Waals surface area contributed by atoms with E-state index >= 15 is 0 Å². The van der Waals surface area contributed by atoms with Crippen LogP contribution < -0.4 is 5.32 Å². The first kappa shape index (κ1) is 14.0. The van der Waals surface area contributed by atoms with Crippen molar-refractivity contribution in [1.29, 1.82) is 0 Å². The van der Waals surface area contributed by atoms with Gasteiger partial charge in [-0.1, -0.05) is 17.7 Å². The molecule has 0 aliphatic carbocycles. The SMILES string of the molecule is Cc1cc(Cl)c(C(=O)Nc2cccc(C(=O)O)c2)cn1. The molecule has 0 spiro atoms. The number of aromatic carboxylic acids is 1. The summed E-state index contributed by atoms with van der Waals surface area (Å²) >= 11 is 5.98. The second-order valence-corrected chi connectivity index (χ2v) is 4.55. The molecule has 1 amide bonds. The fourth-order valence-corrected chi connectivity index (χ4v) is 1.91. The van der Waals surface area contributed by atoms with Crippen LogP contribution in [0.5, 0.6) is 0 Å². The number of rotatable bonds is 3. The van der Waals surface area contributed by atoms with Crippen LogP contribution in [0.2, 0.25) is 5.02 Å². The maximum Gasteiger partial charge on any atom is 0.335 e. The van der Waals surface area contributed by atoms with Crippen LogP contribution in [0.4, 0.5) is 5.69 Å². The molecule has 0 saturated carbocycles. The summed E-state index contributed by atoms with van der Waals surface area (Å²) in [6.45, 7) is 1.77. The van der Waals surface area contributed by atoms with E-state index in [9.17, 15) is 9.59 Å². The highest BCUT2D eigenvalue weighted by atomic mass is 35.5. The molecule has 1 heterocycles. The lowest BCUT2D eigenvalue weighted by molar-refractivity contribution is 0.0696. The third kappa shape index (κ3) is 3.13. The van der Waals surface area contributed by atoms with E-state index in [0.29, 0.717) is 16.4 Å². The normalized spacial score (nSPS) is 10.1. The summed E-state index contributed by atoms with van der Waals surface area (Å²) in [4.78, 5) is 26.9. The number of aromatic nitrogens is 1. The summed E-state index contributed by atoms with van der Waals surface area (Å²) in [5, 5.41) is 11.8. The van der Waals surface area contributed by atoms with Crippen molar-refractivity contribution in [3.63, 3.8) is 0 Å². The van der Waals surface area contributed by atoms with E-state index in [2.05, 4.69) is 10.3 Å². The van der Waals surface area contributed by atoms with Gasteiger partial charge in [-0.05, 0) is 31.2 Å². The van der Waals surface area contributed by atoms with Gasteiger partial charge in [0.15, 0.2) is 0 Å². The van der Waals surface area contributed by atoms with Gasteiger partial charge in [-0.3, -0.25) is 9.78 Å². The minimum atomic E-state index is -1.06. The molecule has 0 bridgehead atoms. The molecule has 20 heavy (non-hydrogen) atoms. The molecule has 2 aromatic rings. The van der Waals surface area contributed by atoms with Crippen LogP contribution in [-0.2, 0) is 0 Å². The highest BCUT2D eigenvalue weighted by Crippen LogP contribution is 2.18. The number of carboxylic acid groups (broad SMARTS) is 1. The molecule has 0 saturated heterocycles. The Bertz CT molecular complexity index is 686. The summed E-state index contributed by atoms with van der Waals surface area (Å²) in [6, 6.07) is 7.55. The monoisotopic (exact) mass is 290 g/mol. The van der Waals surface area contributed by atoms with Gasteiger partial charge in [0.1, 0.15) is 0 Å². The van der Waals surface area contributed by atoms with Gasteiger partial charge in [0, 0.05) is 17.6 Å². The maximum atomic E-state index is 12.0. The number of benzene rings is 1. The minimum Gasteiger partial charge on any atom is -0.478 e. The average molecular weight is 291 g/mol. The molecule has 6 heteroatoms. The number of carbonyl (C=O) groups excluding carboxylic acids is 1. The van der Waals surface area contributed by atoms with E-state index in [-0.39, 0.29) is 11.1 Å². The number of nitrogens with one attached hydrogen (secondary N) is 1. The second-order valence-electron chi connectivity index (χ2n) is 4.15. The molecule has 2 rings (SSSR count). The number of halogens is 1. The molecule has 1 aromatic carbocycles. The number of carboxylic acids is 1. The van der Waals surface area contributed by atoms with Gasteiger partial charge < -0.3 is 10.4 Å². The highest BCUT2D eigenvalue weighted by molar-refractivity contribution is 6.34. The van der Waals surface area contributed by atoms with Crippen LogP contribution in [0.15, 0.2) is 36.5 Å². The highest BCUT2D eigenvalue weighted by Gasteiger charge is 2.12. The molecular formula is C14H11ClN2O3. The van der Waals surface area contributed by atoms with Crippen molar-refractivity contribution in [1.82, 2.24) is 4.98 Å². The van der Waals surface area contributed by atoms with Gasteiger partial charge in [0.05, 0.1) is 16.1 Å². The van der Waals surface area contributed by atoms with Crippen molar-refractivity contribution >= 4 is 29.2 Å². The molecule has 5 nitrogen and oxygen atoms in total. The third-order valence-electron chi connectivity index (χ3n) is 2.60. The number of nitrogens with zero attached hydrogens (tertiary/aromatic N) is 1. The summed E-state index contributed by atoms with van der Waals surface area (Å²) in [5.41, 5.74) is 1.42. The van der Waals surface area contributed by atoms with Gasteiger partial charge in [0.2, 0.25) is 0 Å². The van der Waals surface area contributed by atoms with Crippen molar-refractivity contribution in [2.45, 2.75) is 6.92 Å². The van der Waals surface area contributed by atoms with E-state index in [1.54, 1.807) is 25.1 Å². The van der Waals surface area contributed by atoms with Gasteiger partial charge in [-0.2, -0.15) is 0 Å². The van der Waals surface area contributed by atoms with Crippen molar-refractivity contribution in [3.8, 4) is 0 Å². The quantitative estimate of drug-likeness (QED) is 0.911. The number of anilines is 1. The number of hydrogen-bond donors (Lipinski definition) is 2. The summed E-state index contributed by atoms with van der Waals surface area (Å²) in [5.74, 6) is -1.50. The van der Waals surface area contributed by atoms with Crippen LogP contribution in [-0.4, -0.2) is 22.0 Å². The molecule has 1 aromatic heterocycles. The van der Waals surface area contributed by atoms with Crippen LogP contribution in [0, 0.1) is 6.92 Å². The first-order chi connectivity index (χ1) is 9.47. The summed E-state index contributed by atoms with van der Waals surface area (Å²) in [6.07, 6.45) is 1.38. The summed E-state index contributed by atoms with van der Waals surface area (Å²) < 4.78 is 0. The number of aryl methyl sites for hydroxylation is 1. The Morgan fingerprint density at radius 1 is 1.30 bits per heavy atom. The van der Waals surface area contributed by atoms with E-state index in [1.165, 1.54) is 18.3 Å². The molecule has 0 unspecified atom stereocenters. The Hall–Kier alpha value is -2.40. The number of pyridine rings is 1. The first-order valence-corrected chi connectivity index (χ1v) is 6.12. The zero-order valence-corrected chi connectivity index (χ0v) is 11.3. The van der Waals surface area contributed by atoms with Crippen molar-refractivity contribution in [3.05, 3.63) is 58.4 Å². The number of hydrogen-bond acceptors (Lipinski definition) is 3. The summed E-state index contributed by atoms with van der Waals surface area (Å²) in [7, 11) is 0. The Balaban J connectivity index is 2.23. The van der Waals surface area contributed by atoms with E-state index in [1.807, 2.05) is 0 Å². The largest absolute Gasteiger partial charge is 0.478 e. The molecule has 102 valence electrons. The van der Waals surface area contributed by atoms with Gasteiger partial charge in [0.25, 0.3) is 5.91 Å². The number of carbonyl (C=O) groups is 2. The first-order valence-electron chi connectivity index (χ1n) is 5.74. The Morgan fingerprint density at radius 2 is 2.05 bits per heavy atom. The molecule has 0 aliphatic heterocycles. The van der Waals surface area contributed by atoms with Crippen molar-refractivity contribution in [2.24, 2.45) is 0 Å². The standard InChI is InChI=1S/C14H11ClN2O3/c1-8-5-12(15)11(7-16-8)13(18)17-10-4-2-3-9(6-10)14(19)20/h2-7H,1H3,(H,17,18)(H,19,20). The molecule has 0 radical (unpaired) electrons. The molecule has 0 fully saturated rings. The second kappa shape index (κ2) is 5.71. The van der Waals surface area contributed by atoms with Crippen LogP contribution >= 0.6 is 11.6 Å². The lowest BCUT2D eigenvalue weighted by Gasteiger charge is -2.07. The van der Waals surface area contributed by atoms with Crippen molar-refractivity contribution in [2.75, 3.05) is 5.32 Å². The molecule has 2 N–H and O–H groups in total. The predicted octanol–water partition coefficient (Wildman–Crippen LogP) is 2.99. The molecular weight excluding hydrogens is 280 g/mol. The van der Waals surface area contributed by atoms with Gasteiger partial charge in [-0.15, -0.1) is 0 Å². The molecule has 0 atom stereocenters. The minimum absolute atomic E-state index is 0.0935. The molecule has 0 aliphatic rings. The van der Waals surface area contributed by atoms with E-state index < -0.39 is 11.9 Å². The Kier molecular flexibility index (Phi) is 4.00. The third-order valence-corrected chi connectivity index (χ3v) is 2.91. The smallest absolute Gasteiger partial charge is 0.335 e. The van der Waals surface area contributed by atoms with Crippen LogP contribution in [0.1, 0.15) is 26.4 Å². The van der Waals surface area contributed by atoms with Crippen LogP contribution in [0.25, 0.3) is 0 Å². The Morgan fingerprint density at radius 3 is 2.70 bits per heavy atom. The zero-order valence-electron chi connectivity index (χ0n) is 10.6. The van der Waals surface area contributed by atoms with Gasteiger partial charge >= 0.3 is 5.97 Å². The fraction of sp³-hybridized carbons (Fsp3) is 0.0714. The van der Waals surface area contributed by atoms with E-state index in [0.717, 1.165) is 0 Å². The fourth-order valence-electron chi connectivity index (χ4n) is 1.62. The lowest BCUT2D eigenvalue weighted by Crippen LogP contribution is -2.13. The predicted molar refractivity (Wildman–Crippen MR) is 75.3 cm³/mol. The Labute approximate surface area is 120 Å². The van der Waals surface area contributed by atoms with Gasteiger partial charge in [-0.25, -0.2) is 4.79 Å². The average Bonchev–Trinajstić information content (AvgIpc) is 2.38. The topological polar surface area (TPSA) is 79.3 Å². The zero-order chi connectivity index (χ0) is 14.7. The maximum absolute atomic E-state index is 12.0. The van der Waals surface area contributed by atoms with Crippen molar-refractivity contribution < 1.29 is 14.7 Å². The van der Waals surface area contributed by atoms with Crippen LogP contribution in [0.3, 0.4) is 0 Å².